The van der Waals surface area contributed by atoms with Crippen LogP contribution in [0.2, 0.25) is 0 Å². The average Bonchev–Trinajstić information content (AvgIpc) is 2.70. The zero-order chi connectivity index (χ0) is 21.9. The lowest BCUT2D eigenvalue weighted by Gasteiger charge is -2.28. The molecule has 0 bridgehead atoms. The SMILES string of the molecule is Cc1ncc(NC(=O)OCC(Cl)(Cl)Cl)cc1-c1cc(N2CCOCC2)c(=O)n(C)c1. The molecule has 3 heterocycles. The van der Waals surface area contributed by atoms with Crippen molar-refractivity contribution in [2.45, 2.75) is 10.7 Å². The molecule has 2 aromatic rings. The van der Waals surface area contributed by atoms with Crippen LogP contribution >= 0.6 is 34.8 Å². The molecule has 1 aliphatic rings. The highest BCUT2D eigenvalue weighted by Crippen LogP contribution is 2.28. The molecule has 0 spiro atoms. The molecule has 8 nitrogen and oxygen atoms in total. The van der Waals surface area contributed by atoms with Gasteiger partial charge in [-0.3, -0.25) is 15.1 Å². The first-order valence-electron chi connectivity index (χ1n) is 9.15. The van der Waals surface area contributed by atoms with Crippen LogP contribution < -0.4 is 15.8 Å². The third kappa shape index (κ3) is 5.78. The molecule has 2 aromatic heterocycles. The van der Waals surface area contributed by atoms with E-state index in [1.807, 2.05) is 17.9 Å². The predicted molar refractivity (Wildman–Crippen MR) is 118 cm³/mol. The third-order valence-electron chi connectivity index (χ3n) is 4.53. The third-order valence-corrected chi connectivity index (χ3v) is 4.85. The van der Waals surface area contributed by atoms with Crippen molar-refractivity contribution >= 4 is 52.3 Å². The molecule has 1 amide bonds. The number of anilines is 2. The minimum atomic E-state index is -1.70. The first kappa shape index (κ1) is 22.7. The van der Waals surface area contributed by atoms with Gasteiger partial charge in [0.25, 0.3) is 5.56 Å². The van der Waals surface area contributed by atoms with E-state index in [2.05, 4.69) is 10.3 Å². The molecule has 1 aliphatic heterocycles. The summed E-state index contributed by atoms with van der Waals surface area (Å²) in [6, 6.07) is 3.59. The van der Waals surface area contributed by atoms with E-state index in [0.29, 0.717) is 37.7 Å². The number of nitrogens with one attached hydrogen (secondary N) is 1. The normalized spacial score (nSPS) is 14.5. The second kappa shape index (κ2) is 9.43. The molecule has 162 valence electrons. The minimum absolute atomic E-state index is 0.0872. The number of alkyl halides is 3. The predicted octanol–water partition coefficient (Wildman–Crippen LogP) is 3.51. The van der Waals surface area contributed by atoms with Crippen LogP contribution in [0.25, 0.3) is 11.1 Å². The molecule has 1 saturated heterocycles. The summed E-state index contributed by atoms with van der Waals surface area (Å²) in [5, 5.41) is 2.56. The topological polar surface area (TPSA) is 85.7 Å². The smallest absolute Gasteiger partial charge is 0.411 e. The number of hydrogen-bond donors (Lipinski definition) is 1. The van der Waals surface area contributed by atoms with Crippen LogP contribution in [0.15, 0.2) is 29.3 Å². The Hall–Kier alpha value is -2.00. The molecule has 1 N–H and O–H groups in total. The fourth-order valence-corrected chi connectivity index (χ4v) is 3.23. The van der Waals surface area contributed by atoms with Crippen molar-refractivity contribution in [1.82, 2.24) is 9.55 Å². The number of morpholine rings is 1. The number of hydrogen-bond acceptors (Lipinski definition) is 6. The van der Waals surface area contributed by atoms with Gasteiger partial charge in [0.05, 0.1) is 25.1 Å². The van der Waals surface area contributed by atoms with Crippen LogP contribution in [0.3, 0.4) is 0 Å². The Morgan fingerprint density at radius 3 is 2.67 bits per heavy atom. The molecule has 0 aromatic carbocycles. The van der Waals surface area contributed by atoms with E-state index in [0.717, 1.165) is 16.8 Å². The molecular weight excluding hydrogens is 455 g/mol. The molecule has 0 aliphatic carbocycles. The first-order valence-corrected chi connectivity index (χ1v) is 10.3. The lowest BCUT2D eigenvalue weighted by atomic mass is 10.0. The van der Waals surface area contributed by atoms with Crippen LogP contribution in [0.4, 0.5) is 16.2 Å². The first-order chi connectivity index (χ1) is 14.1. The molecule has 0 radical (unpaired) electrons. The van der Waals surface area contributed by atoms with Crippen molar-refractivity contribution in [3.8, 4) is 11.1 Å². The highest BCUT2D eigenvalue weighted by atomic mass is 35.6. The van der Waals surface area contributed by atoms with Gasteiger partial charge in [-0.25, -0.2) is 4.79 Å². The van der Waals surface area contributed by atoms with Crippen LogP contribution in [0.5, 0.6) is 0 Å². The van der Waals surface area contributed by atoms with E-state index >= 15 is 0 Å². The maximum absolute atomic E-state index is 12.7. The summed E-state index contributed by atoms with van der Waals surface area (Å²) in [4.78, 5) is 31.0. The van der Waals surface area contributed by atoms with E-state index < -0.39 is 9.89 Å². The van der Waals surface area contributed by atoms with Gasteiger partial charge >= 0.3 is 6.09 Å². The highest BCUT2D eigenvalue weighted by molar-refractivity contribution is 6.67. The van der Waals surface area contributed by atoms with Gasteiger partial charge in [-0.15, -0.1) is 0 Å². The number of aromatic nitrogens is 2. The van der Waals surface area contributed by atoms with E-state index in [1.165, 1.54) is 10.8 Å². The summed E-state index contributed by atoms with van der Waals surface area (Å²) in [6.07, 6.45) is 2.47. The van der Waals surface area contributed by atoms with Crippen LogP contribution in [0, 0.1) is 6.92 Å². The van der Waals surface area contributed by atoms with E-state index in [1.54, 1.807) is 19.3 Å². The average molecular weight is 476 g/mol. The molecular formula is C19H21Cl3N4O4. The van der Waals surface area contributed by atoms with Gasteiger partial charge < -0.3 is 18.9 Å². The molecule has 0 saturated carbocycles. The molecule has 30 heavy (non-hydrogen) atoms. The fourth-order valence-electron chi connectivity index (χ4n) is 3.07. The van der Waals surface area contributed by atoms with E-state index in [-0.39, 0.29) is 12.2 Å². The van der Waals surface area contributed by atoms with E-state index in [4.69, 9.17) is 44.3 Å². The number of amides is 1. The van der Waals surface area contributed by atoms with Gasteiger partial charge in [-0.1, -0.05) is 34.8 Å². The lowest BCUT2D eigenvalue weighted by Crippen LogP contribution is -2.40. The van der Waals surface area contributed by atoms with Gasteiger partial charge in [0.2, 0.25) is 3.79 Å². The van der Waals surface area contributed by atoms with Crippen molar-refractivity contribution in [3.05, 3.63) is 40.6 Å². The van der Waals surface area contributed by atoms with Gasteiger partial charge in [-0.05, 0) is 19.1 Å². The zero-order valence-electron chi connectivity index (χ0n) is 16.5. The Balaban J connectivity index is 1.88. The zero-order valence-corrected chi connectivity index (χ0v) is 18.7. The standard InChI is InChI=1S/C19H21Cl3N4O4/c1-12-15(8-14(9-23-12)24-18(28)30-11-19(20,21)22)13-7-16(17(27)25(2)10-13)26-3-5-29-6-4-26/h7-10H,3-6,11H2,1-2H3,(H,24,28). The number of nitrogens with zero attached hydrogens (tertiary/aromatic N) is 3. The van der Waals surface area contributed by atoms with Crippen molar-refractivity contribution in [3.63, 3.8) is 0 Å². The monoisotopic (exact) mass is 474 g/mol. The van der Waals surface area contributed by atoms with Crippen molar-refractivity contribution < 1.29 is 14.3 Å². The number of carbonyl (C=O) groups excluding carboxylic acids is 1. The minimum Gasteiger partial charge on any atom is -0.445 e. The molecule has 1 fully saturated rings. The fraction of sp³-hybridized carbons (Fsp3) is 0.421. The van der Waals surface area contributed by atoms with Gasteiger partial charge in [-0.2, -0.15) is 0 Å². The Bertz CT molecular complexity index is 985. The van der Waals surface area contributed by atoms with Crippen molar-refractivity contribution in [2.24, 2.45) is 7.05 Å². The summed E-state index contributed by atoms with van der Waals surface area (Å²) in [5.74, 6) is 0. The number of halogens is 3. The molecule has 0 atom stereocenters. The molecule has 0 unspecified atom stereocenters. The molecule has 3 rings (SSSR count). The van der Waals surface area contributed by atoms with Crippen LogP contribution in [-0.4, -0.2) is 52.3 Å². The number of ether oxygens (including phenoxy) is 2. The molecule has 11 heteroatoms. The van der Waals surface area contributed by atoms with Gasteiger partial charge in [0.15, 0.2) is 0 Å². The Morgan fingerprint density at radius 2 is 2.00 bits per heavy atom. The van der Waals surface area contributed by atoms with Crippen LogP contribution in [0.1, 0.15) is 5.69 Å². The Kier molecular flexibility index (Phi) is 7.13. The number of aryl methyl sites for hydroxylation is 2. The Labute approximate surface area is 188 Å². The summed E-state index contributed by atoms with van der Waals surface area (Å²) in [6.45, 7) is 3.89. The number of carbonyl (C=O) groups is 1. The van der Waals surface area contributed by atoms with Crippen molar-refractivity contribution in [1.29, 1.82) is 0 Å². The quantitative estimate of drug-likeness (QED) is 0.681. The second-order valence-corrected chi connectivity index (χ2v) is 9.32. The summed E-state index contributed by atoms with van der Waals surface area (Å²) >= 11 is 16.8. The summed E-state index contributed by atoms with van der Waals surface area (Å²) < 4.78 is 10.1. The van der Waals surface area contributed by atoms with Crippen LogP contribution in [-0.2, 0) is 16.5 Å². The lowest BCUT2D eigenvalue weighted by molar-refractivity contribution is 0.122. The number of pyridine rings is 2. The largest absolute Gasteiger partial charge is 0.445 e. The second-order valence-electron chi connectivity index (χ2n) is 6.80. The maximum atomic E-state index is 12.7. The summed E-state index contributed by atoms with van der Waals surface area (Å²) in [7, 11) is 1.70. The van der Waals surface area contributed by atoms with Gasteiger partial charge in [0, 0.05) is 43.2 Å². The highest BCUT2D eigenvalue weighted by Gasteiger charge is 2.22. The summed E-state index contributed by atoms with van der Waals surface area (Å²) in [5.41, 5.74) is 3.21. The maximum Gasteiger partial charge on any atom is 0.411 e. The number of rotatable bonds is 4. The van der Waals surface area contributed by atoms with E-state index in [9.17, 15) is 9.59 Å². The van der Waals surface area contributed by atoms with Gasteiger partial charge in [0.1, 0.15) is 12.3 Å². The Morgan fingerprint density at radius 1 is 1.30 bits per heavy atom. The van der Waals surface area contributed by atoms with Crippen molar-refractivity contribution in [2.75, 3.05) is 43.1 Å².